The van der Waals surface area contributed by atoms with E-state index in [2.05, 4.69) is 10.5 Å². The molecule has 0 aliphatic carbocycles. The maximum Gasteiger partial charge on any atom is 0.343 e. The largest absolute Gasteiger partial charge is 0.484 e. The van der Waals surface area contributed by atoms with Crippen molar-refractivity contribution < 1.29 is 19.1 Å². The molecule has 0 aliphatic rings. The van der Waals surface area contributed by atoms with Crippen LogP contribution in [0.5, 0.6) is 11.5 Å². The van der Waals surface area contributed by atoms with Crippen molar-refractivity contribution in [1.29, 1.82) is 0 Å². The molecule has 6 heteroatoms. The number of nitrogens with zero attached hydrogens (tertiary/aromatic N) is 1. The number of fused-ring (bicyclic) bond motifs is 2. The summed E-state index contributed by atoms with van der Waals surface area (Å²) in [4.78, 5) is 25.2. The number of carbonyl (C=O) groups excluding carboxylic acids is 2. The molecule has 0 heterocycles. The van der Waals surface area contributed by atoms with E-state index in [-0.39, 0.29) is 6.61 Å². The van der Waals surface area contributed by atoms with Crippen molar-refractivity contribution in [2.75, 3.05) is 6.61 Å². The molecule has 182 valence electrons. The molecule has 0 saturated carbocycles. The number of hydrogen-bond acceptors (Lipinski definition) is 5. The predicted octanol–water partition coefficient (Wildman–Crippen LogP) is 6.05. The third-order valence-electron chi connectivity index (χ3n) is 5.86. The molecule has 0 spiro atoms. The molecule has 37 heavy (non-hydrogen) atoms. The summed E-state index contributed by atoms with van der Waals surface area (Å²) >= 11 is 0. The van der Waals surface area contributed by atoms with Crippen molar-refractivity contribution in [1.82, 2.24) is 5.43 Å². The van der Waals surface area contributed by atoms with Crippen LogP contribution >= 0.6 is 0 Å². The lowest BCUT2D eigenvalue weighted by Gasteiger charge is -2.11. The molecule has 0 radical (unpaired) electrons. The summed E-state index contributed by atoms with van der Waals surface area (Å²) in [5.74, 6) is 0.0530. The van der Waals surface area contributed by atoms with Gasteiger partial charge in [-0.1, -0.05) is 78.4 Å². The summed E-state index contributed by atoms with van der Waals surface area (Å²) in [5, 5.41) is 8.02. The van der Waals surface area contributed by atoms with Gasteiger partial charge in [0.05, 0.1) is 11.8 Å². The summed E-state index contributed by atoms with van der Waals surface area (Å²) in [6, 6.07) is 32.1. The zero-order chi connectivity index (χ0) is 25.6. The molecule has 0 aromatic heterocycles. The fourth-order valence-corrected chi connectivity index (χ4v) is 4.04. The van der Waals surface area contributed by atoms with Crippen molar-refractivity contribution in [2.24, 2.45) is 5.10 Å². The maximum absolute atomic E-state index is 12.8. The minimum absolute atomic E-state index is 0.194. The minimum atomic E-state index is -0.471. The molecule has 1 amide bonds. The van der Waals surface area contributed by atoms with Crippen LogP contribution in [0.2, 0.25) is 0 Å². The van der Waals surface area contributed by atoms with Crippen LogP contribution in [-0.4, -0.2) is 24.7 Å². The Balaban J connectivity index is 1.30. The van der Waals surface area contributed by atoms with Gasteiger partial charge in [-0.3, -0.25) is 4.79 Å². The highest BCUT2D eigenvalue weighted by molar-refractivity contribution is 6.04. The quantitative estimate of drug-likeness (QED) is 0.131. The number of esters is 1. The number of hydrazone groups is 1. The monoisotopic (exact) mass is 488 g/mol. The highest BCUT2D eigenvalue weighted by Gasteiger charge is 2.14. The van der Waals surface area contributed by atoms with Gasteiger partial charge < -0.3 is 9.47 Å². The van der Waals surface area contributed by atoms with Crippen LogP contribution in [0.1, 0.15) is 21.5 Å². The number of hydrogen-bond donors (Lipinski definition) is 1. The van der Waals surface area contributed by atoms with Gasteiger partial charge in [0.2, 0.25) is 0 Å². The average molecular weight is 489 g/mol. The van der Waals surface area contributed by atoms with E-state index < -0.39 is 11.9 Å². The van der Waals surface area contributed by atoms with E-state index in [0.29, 0.717) is 22.6 Å². The van der Waals surface area contributed by atoms with Crippen LogP contribution in [0.15, 0.2) is 108 Å². The molecule has 0 aliphatic heterocycles. The smallest absolute Gasteiger partial charge is 0.343 e. The standard InChI is InChI=1S/C31H24N2O4/c1-21-7-6-11-25(17-21)31(35)37-29-16-14-23-9-4-5-12-27(23)28(29)19-32-33-30(34)20-36-26-15-13-22-8-2-3-10-24(22)18-26/h2-19H,20H2,1H3,(H,33,34)/b32-19+. The molecule has 5 aromatic rings. The van der Waals surface area contributed by atoms with E-state index >= 15 is 0 Å². The highest BCUT2D eigenvalue weighted by Crippen LogP contribution is 2.27. The van der Waals surface area contributed by atoms with E-state index in [4.69, 9.17) is 9.47 Å². The minimum Gasteiger partial charge on any atom is -0.484 e. The molecule has 5 aromatic carbocycles. The number of ether oxygens (including phenoxy) is 2. The predicted molar refractivity (Wildman–Crippen MR) is 145 cm³/mol. The van der Waals surface area contributed by atoms with Crippen molar-refractivity contribution in [2.45, 2.75) is 6.92 Å². The molecule has 0 saturated heterocycles. The van der Waals surface area contributed by atoms with Crippen LogP contribution in [0.25, 0.3) is 21.5 Å². The zero-order valence-electron chi connectivity index (χ0n) is 20.2. The lowest BCUT2D eigenvalue weighted by molar-refractivity contribution is -0.123. The van der Waals surface area contributed by atoms with Gasteiger partial charge in [0.1, 0.15) is 11.5 Å². The lowest BCUT2D eigenvalue weighted by atomic mass is 10.0. The SMILES string of the molecule is Cc1cccc(C(=O)Oc2ccc3ccccc3c2/C=N/NC(=O)COc2ccc3ccccc3c2)c1. The Bertz CT molecular complexity index is 1640. The Hall–Kier alpha value is -4.97. The summed E-state index contributed by atoms with van der Waals surface area (Å²) < 4.78 is 11.4. The van der Waals surface area contributed by atoms with E-state index in [0.717, 1.165) is 27.1 Å². The molecule has 6 nitrogen and oxygen atoms in total. The number of nitrogens with one attached hydrogen (secondary N) is 1. The topological polar surface area (TPSA) is 77.0 Å². The van der Waals surface area contributed by atoms with Gasteiger partial charge in [-0.15, -0.1) is 0 Å². The molecule has 1 N–H and O–H groups in total. The normalized spacial score (nSPS) is 11.1. The molecule has 0 unspecified atom stereocenters. The average Bonchev–Trinajstić information content (AvgIpc) is 2.92. The first-order valence-corrected chi connectivity index (χ1v) is 11.8. The summed E-state index contributed by atoms with van der Waals surface area (Å²) in [7, 11) is 0. The van der Waals surface area contributed by atoms with E-state index in [1.165, 1.54) is 6.21 Å². The number of amides is 1. The molecule has 0 atom stereocenters. The molecular formula is C31H24N2O4. The molecular weight excluding hydrogens is 464 g/mol. The second kappa shape index (κ2) is 10.7. The zero-order valence-corrected chi connectivity index (χ0v) is 20.2. The third-order valence-corrected chi connectivity index (χ3v) is 5.86. The lowest BCUT2D eigenvalue weighted by Crippen LogP contribution is -2.24. The first kappa shape index (κ1) is 23.8. The van der Waals surface area contributed by atoms with Gasteiger partial charge in [0, 0.05) is 5.56 Å². The summed E-state index contributed by atoms with van der Waals surface area (Å²) in [6.45, 7) is 1.72. The van der Waals surface area contributed by atoms with Gasteiger partial charge >= 0.3 is 5.97 Å². The second-order valence-electron chi connectivity index (χ2n) is 8.55. The molecule has 0 bridgehead atoms. The Morgan fingerprint density at radius 1 is 0.811 bits per heavy atom. The third kappa shape index (κ3) is 5.65. The Morgan fingerprint density at radius 3 is 2.41 bits per heavy atom. The van der Waals surface area contributed by atoms with Gasteiger partial charge in [0.25, 0.3) is 5.91 Å². The van der Waals surface area contributed by atoms with Crippen LogP contribution in [-0.2, 0) is 4.79 Å². The van der Waals surface area contributed by atoms with Crippen LogP contribution < -0.4 is 14.9 Å². The Morgan fingerprint density at radius 2 is 1.57 bits per heavy atom. The first-order chi connectivity index (χ1) is 18.1. The van der Waals surface area contributed by atoms with Gasteiger partial charge in [-0.05, 0) is 58.8 Å². The number of carbonyl (C=O) groups is 2. The first-order valence-electron chi connectivity index (χ1n) is 11.8. The number of aryl methyl sites for hydroxylation is 1. The highest BCUT2D eigenvalue weighted by atomic mass is 16.5. The van der Waals surface area contributed by atoms with Crippen molar-refractivity contribution in [3.05, 3.63) is 120 Å². The van der Waals surface area contributed by atoms with Crippen LogP contribution in [0.3, 0.4) is 0 Å². The van der Waals surface area contributed by atoms with Crippen LogP contribution in [0.4, 0.5) is 0 Å². The summed E-state index contributed by atoms with van der Waals surface area (Å²) in [5.41, 5.74) is 4.48. The van der Waals surface area contributed by atoms with Gasteiger partial charge in [-0.25, -0.2) is 10.2 Å². The van der Waals surface area contributed by atoms with E-state index in [9.17, 15) is 9.59 Å². The maximum atomic E-state index is 12.8. The van der Waals surface area contributed by atoms with Gasteiger partial charge in [0.15, 0.2) is 6.61 Å². The van der Waals surface area contributed by atoms with Crippen LogP contribution in [0, 0.1) is 6.92 Å². The molecule has 5 rings (SSSR count). The Kier molecular flexibility index (Phi) is 6.90. The van der Waals surface area contributed by atoms with Crippen molar-refractivity contribution in [3.63, 3.8) is 0 Å². The number of rotatable bonds is 7. The Labute approximate surface area is 214 Å². The fraction of sp³-hybridized carbons (Fsp3) is 0.0645. The van der Waals surface area contributed by atoms with E-state index in [1.807, 2.05) is 91.9 Å². The van der Waals surface area contributed by atoms with Crippen molar-refractivity contribution in [3.8, 4) is 11.5 Å². The fourth-order valence-electron chi connectivity index (χ4n) is 4.04. The molecule has 0 fully saturated rings. The van der Waals surface area contributed by atoms with Gasteiger partial charge in [-0.2, -0.15) is 5.10 Å². The second-order valence-corrected chi connectivity index (χ2v) is 8.55. The number of benzene rings is 5. The van der Waals surface area contributed by atoms with Crippen molar-refractivity contribution >= 4 is 39.6 Å². The summed E-state index contributed by atoms with van der Waals surface area (Å²) in [6.07, 6.45) is 1.48. The van der Waals surface area contributed by atoms with E-state index in [1.54, 1.807) is 18.2 Å².